The number of hydrogen-bond acceptors (Lipinski definition) is 3. The number of rotatable bonds is 6. The summed E-state index contributed by atoms with van der Waals surface area (Å²) >= 11 is 0. The van der Waals surface area contributed by atoms with E-state index in [1.54, 1.807) is 0 Å². The minimum Gasteiger partial charge on any atom is -0.399 e. The molecule has 0 aromatic heterocycles. The third-order valence-corrected chi connectivity index (χ3v) is 4.83. The normalized spacial score (nSPS) is 11.4. The van der Waals surface area contributed by atoms with Crippen LogP contribution >= 0.6 is 0 Å². The van der Waals surface area contributed by atoms with E-state index in [2.05, 4.69) is 43.3 Å². The number of nitrogen functional groups attached to an aromatic ring is 3. The van der Waals surface area contributed by atoms with Crippen LogP contribution in [-0.4, -0.2) is 0 Å². The summed E-state index contributed by atoms with van der Waals surface area (Å²) in [5.74, 6) is 0. The number of hydrogen-bond donors (Lipinski definition) is 3. The van der Waals surface area contributed by atoms with Gasteiger partial charge in [-0.15, -0.1) is 0 Å². The van der Waals surface area contributed by atoms with Gasteiger partial charge in [0.15, 0.2) is 0 Å². The Morgan fingerprint density at radius 1 is 0.500 bits per heavy atom. The second kappa shape index (κ2) is 7.52. The molecule has 0 spiro atoms. The molecule has 3 heteroatoms. The fourth-order valence-corrected chi connectivity index (χ4v) is 3.57. The molecule has 6 N–H and O–H groups in total. The van der Waals surface area contributed by atoms with Crippen molar-refractivity contribution in [1.29, 1.82) is 0 Å². The summed E-state index contributed by atoms with van der Waals surface area (Å²) in [6.45, 7) is 2.34. The van der Waals surface area contributed by atoms with Crippen molar-refractivity contribution in [3.8, 4) is 0 Å². The molecule has 0 heterocycles. The topological polar surface area (TPSA) is 78.1 Å². The zero-order valence-electron chi connectivity index (χ0n) is 15.3. The van der Waals surface area contributed by atoms with Crippen molar-refractivity contribution >= 4 is 17.1 Å². The van der Waals surface area contributed by atoms with Crippen molar-refractivity contribution in [2.45, 2.75) is 26.2 Å². The maximum atomic E-state index is 5.84. The molecule has 0 saturated heterocycles. The molecule has 134 valence electrons. The van der Waals surface area contributed by atoms with Crippen LogP contribution in [0.4, 0.5) is 17.1 Å². The zero-order valence-corrected chi connectivity index (χ0v) is 15.3. The van der Waals surface area contributed by atoms with Crippen molar-refractivity contribution in [3.63, 3.8) is 0 Å². The molecule has 0 aliphatic rings. The molecule has 0 unspecified atom stereocenters. The number of benzene rings is 3. The molecule has 3 rings (SSSR count). The van der Waals surface area contributed by atoms with Crippen LogP contribution in [0.3, 0.4) is 0 Å². The lowest BCUT2D eigenvalue weighted by molar-refractivity contribution is 0.316. The standard InChI is InChI=1S/C23H27N3/c1-23(14-17-2-8-20(24)9-3-17,15-18-4-10-21(25)11-5-18)16-19-6-12-22(26)13-7-19/h2-13H,14-16,24-26H2,1H3. The summed E-state index contributed by atoms with van der Waals surface area (Å²) in [7, 11) is 0. The van der Waals surface area contributed by atoms with Crippen molar-refractivity contribution in [1.82, 2.24) is 0 Å². The second-order valence-electron chi connectivity index (χ2n) is 7.57. The first-order valence-corrected chi connectivity index (χ1v) is 8.95. The Hall–Kier alpha value is -2.94. The number of nitrogens with two attached hydrogens (primary N) is 3. The van der Waals surface area contributed by atoms with Crippen LogP contribution in [0.15, 0.2) is 72.8 Å². The van der Waals surface area contributed by atoms with E-state index >= 15 is 0 Å². The summed E-state index contributed by atoms with van der Waals surface area (Å²) in [4.78, 5) is 0. The van der Waals surface area contributed by atoms with Gasteiger partial charge in [-0.3, -0.25) is 0 Å². The van der Waals surface area contributed by atoms with E-state index in [4.69, 9.17) is 17.2 Å². The van der Waals surface area contributed by atoms with Gasteiger partial charge < -0.3 is 17.2 Å². The third-order valence-electron chi connectivity index (χ3n) is 4.83. The number of anilines is 3. The molecule has 0 radical (unpaired) electrons. The van der Waals surface area contributed by atoms with E-state index in [0.29, 0.717) is 0 Å². The molecular weight excluding hydrogens is 318 g/mol. The molecule has 0 aliphatic heterocycles. The summed E-state index contributed by atoms with van der Waals surface area (Å²) in [6, 6.07) is 24.6. The Balaban J connectivity index is 1.86. The van der Waals surface area contributed by atoms with Gasteiger partial charge in [0.25, 0.3) is 0 Å². The first kappa shape index (κ1) is 17.9. The minimum absolute atomic E-state index is 0.0718. The predicted octanol–water partition coefficient (Wildman–Crippen LogP) is 4.47. The highest BCUT2D eigenvalue weighted by Crippen LogP contribution is 2.32. The SMILES string of the molecule is CC(Cc1ccc(N)cc1)(Cc1ccc(N)cc1)Cc1ccc(N)cc1. The highest BCUT2D eigenvalue weighted by molar-refractivity contribution is 5.42. The molecule has 26 heavy (non-hydrogen) atoms. The summed E-state index contributed by atoms with van der Waals surface area (Å²) in [5, 5.41) is 0. The van der Waals surface area contributed by atoms with Crippen molar-refractivity contribution in [2.24, 2.45) is 5.41 Å². The molecule has 0 aliphatic carbocycles. The Morgan fingerprint density at radius 2 is 0.731 bits per heavy atom. The predicted molar refractivity (Wildman–Crippen MR) is 112 cm³/mol. The van der Waals surface area contributed by atoms with Crippen molar-refractivity contribution in [3.05, 3.63) is 89.5 Å². The van der Waals surface area contributed by atoms with E-state index in [0.717, 1.165) is 36.3 Å². The largest absolute Gasteiger partial charge is 0.399 e. The molecule has 3 nitrogen and oxygen atoms in total. The molecule has 0 atom stereocenters. The lowest BCUT2D eigenvalue weighted by Crippen LogP contribution is -2.26. The average molecular weight is 345 g/mol. The Morgan fingerprint density at radius 3 is 0.962 bits per heavy atom. The van der Waals surface area contributed by atoms with Crippen LogP contribution in [0.25, 0.3) is 0 Å². The zero-order chi connectivity index (χ0) is 18.6. The van der Waals surface area contributed by atoms with Gasteiger partial charge >= 0.3 is 0 Å². The lowest BCUT2D eigenvalue weighted by Gasteiger charge is -2.31. The van der Waals surface area contributed by atoms with Gasteiger partial charge in [0.05, 0.1) is 0 Å². The monoisotopic (exact) mass is 345 g/mol. The summed E-state index contributed by atoms with van der Waals surface area (Å²) in [5.41, 5.74) is 23.9. The van der Waals surface area contributed by atoms with E-state index in [-0.39, 0.29) is 5.41 Å². The van der Waals surface area contributed by atoms with Gasteiger partial charge in [-0.1, -0.05) is 43.3 Å². The van der Waals surface area contributed by atoms with Gasteiger partial charge in [-0.2, -0.15) is 0 Å². The molecule has 0 amide bonds. The third kappa shape index (κ3) is 4.79. The van der Waals surface area contributed by atoms with Gasteiger partial charge in [0.2, 0.25) is 0 Å². The van der Waals surface area contributed by atoms with E-state index in [9.17, 15) is 0 Å². The van der Waals surface area contributed by atoms with E-state index in [1.165, 1.54) is 16.7 Å². The molecule has 0 bridgehead atoms. The average Bonchev–Trinajstić information content (AvgIpc) is 2.61. The van der Waals surface area contributed by atoms with Crippen LogP contribution in [-0.2, 0) is 19.3 Å². The van der Waals surface area contributed by atoms with Gasteiger partial charge in [0.1, 0.15) is 0 Å². The molecule has 0 saturated carbocycles. The van der Waals surface area contributed by atoms with Gasteiger partial charge in [-0.25, -0.2) is 0 Å². The van der Waals surface area contributed by atoms with E-state index in [1.807, 2.05) is 36.4 Å². The molecule has 3 aromatic carbocycles. The lowest BCUT2D eigenvalue weighted by atomic mass is 9.74. The van der Waals surface area contributed by atoms with Crippen molar-refractivity contribution in [2.75, 3.05) is 17.2 Å². The summed E-state index contributed by atoms with van der Waals surface area (Å²) < 4.78 is 0. The quantitative estimate of drug-likeness (QED) is 0.577. The maximum absolute atomic E-state index is 5.84. The fraction of sp³-hybridized carbons (Fsp3) is 0.217. The molecular formula is C23H27N3. The second-order valence-corrected chi connectivity index (χ2v) is 7.57. The Bertz CT molecular complexity index is 718. The molecule has 3 aromatic rings. The molecule has 0 fully saturated rings. The first-order valence-electron chi connectivity index (χ1n) is 8.95. The van der Waals surface area contributed by atoms with Crippen LogP contribution in [0.2, 0.25) is 0 Å². The van der Waals surface area contributed by atoms with E-state index < -0.39 is 0 Å². The van der Waals surface area contributed by atoms with Crippen LogP contribution in [0, 0.1) is 5.41 Å². The highest BCUT2D eigenvalue weighted by atomic mass is 14.5. The van der Waals surface area contributed by atoms with Crippen LogP contribution < -0.4 is 17.2 Å². The Labute approximate surface area is 155 Å². The maximum Gasteiger partial charge on any atom is 0.0314 e. The van der Waals surface area contributed by atoms with Crippen LogP contribution in [0.1, 0.15) is 23.6 Å². The van der Waals surface area contributed by atoms with Crippen LogP contribution in [0.5, 0.6) is 0 Å². The van der Waals surface area contributed by atoms with Gasteiger partial charge in [-0.05, 0) is 77.8 Å². The smallest absolute Gasteiger partial charge is 0.0314 e. The first-order chi connectivity index (χ1) is 12.4. The van der Waals surface area contributed by atoms with Gasteiger partial charge in [0, 0.05) is 17.1 Å². The highest BCUT2D eigenvalue weighted by Gasteiger charge is 2.26. The van der Waals surface area contributed by atoms with Crippen molar-refractivity contribution < 1.29 is 0 Å². The minimum atomic E-state index is 0.0718. The fourth-order valence-electron chi connectivity index (χ4n) is 3.57. The summed E-state index contributed by atoms with van der Waals surface area (Å²) in [6.07, 6.45) is 2.92. The Kier molecular flexibility index (Phi) is 5.17.